The second-order valence-electron chi connectivity index (χ2n) is 7.53. The highest BCUT2D eigenvalue weighted by Gasteiger charge is 2.32. The van der Waals surface area contributed by atoms with Crippen LogP contribution in [-0.4, -0.2) is 58.2 Å². The highest BCUT2D eigenvalue weighted by Crippen LogP contribution is 2.22. The molecule has 0 radical (unpaired) electrons. The quantitative estimate of drug-likeness (QED) is 0.805. The van der Waals surface area contributed by atoms with Gasteiger partial charge in [-0.3, -0.25) is 19.4 Å². The number of benzene rings is 1. The number of rotatable bonds is 6. The number of carbonyl (C=O) groups excluding carboxylic acids is 3. The molecule has 1 saturated heterocycles. The number of hydrogen-bond acceptors (Lipinski definition) is 4. The van der Waals surface area contributed by atoms with Crippen LogP contribution in [0, 0.1) is 0 Å². The summed E-state index contributed by atoms with van der Waals surface area (Å²) in [5.41, 5.74) is 2.53. The first-order chi connectivity index (χ1) is 14.1. The second-order valence-corrected chi connectivity index (χ2v) is 7.53. The van der Waals surface area contributed by atoms with Crippen LogP contribution in [0.1, 0.15) is 34.5 Å². The molecule has 7 nitrogen and oxygen atoms in total. The molecule has 2 aromatic rings. The lowest BCUT2D eigenvalue weighted by Crippen LogP contribution is -2.42. The normalized spacial score (nSPS) is 18.1. The lowest BCUT2D eigenvalue weighted by atomic mass is 10.1. The number of amides is 3. The van der Waals surface area contributed by atoms with Crippen molar-refractivity contribution in [3.05, 3.63) is 65.5 Å². The fourth-order valence-corrected chi connectivity index (χ4v) is 3.90. The minimum atomic E-state index is -0.0903. The molecule has 3 heterocycles. The Kier molecular flexibility index (Phi) is 5.55. The van der Waals surface area contributed by atoms with Gasteiger partial charge in [0.15, 0.2) is 0 Å². The number of aromatic nitrogens is 1. The average Bonchev–Trinajstić information content (AvgIpc) is 3.32. The molecule has 0 aliphatic carbocycles. The summed E-state index contributed by atoms with van der Waals surface area (Å²) in [7, 11) is 0. The van der Waals surface area contributed by atoms with Crippen LogP contribution in [0.15, 0.2) is 48.7 Å². The summed E-state index contributed by atoms with van der Waals surface area (Å²) >= 11 is 0. The summed E-state index contributed by atoms with van der Waals surface area (Å²) in [6.07, 6.45) is 3.42. The molecule has 1 aromatic carbocycles. The number of likely N-dealkylation sites (tertiary alicyclic amines) is 1. The van der Waals surface area contributed by atoms with Crippen LogP contribution >= 0.6 is 0 Å². The fourth-order valence-electron chi connectivity index (χ4n) is 3.90. The van der Waals surface area contributed by atoms with E-state index < -0.39 is 0 Å². The van der Waals surface area contributed by atoms with Crippen LogP contribution in [0.4, 0.5) is 0 Å². The molecule has 150 valence electrons. The minimum absolute atomic E-state index is 0.0277. The highest BCUT2D eigenvalue weighted by atomic mass is 16.2. The van der Waals surface area contributed by atoms with E-state index >= 15 is 0 Å². The standard InChI is InChI=1S/C22H24N4O3/c27-20(9-8-17-6-3-4-11-23-17)24-18-10-12-25(14-18)21(28)15-26-13-16-5-1-2-7-19(16)22(26)29/h1-7,11,18H,8-10,12-15H2,(H,24,27)/t18-/m1/s1. The molecule has 1 N–H and O–H groups in total. The monoisotopic (exact) mass is 392 g/mol. The van der Waals surface area contributed by atoms with Crippen LogP contribution in [-0.2, 0) is 22.6 Å². The largest absolute Gasteiger partial charge is 0.352 e. The van der Waals surface area contributed by atoms with Crippen LogP contribution < -0.4 is 5.32 Å². The molecule has 0 bridgehead atoms. The Balaban J connectivity index is 1.23. The van der Waals surface area contributed by atoms with E-state index in [1.807, 2.05) is 36.4 Å². The lowest BCUT2D eigenvalue weighted by Gasteiger charge is -2.21. The molecule has 0 spiro atoms. The molecule has 4 rings (SSSR count). The number of pyridine rings is 1. The molecule has 1 atom stereocenters. The van der Waals surface area contributed by atoms with Gasteiger partial charge in [0, 0.05) is 49.6 Å². The lowest BCUT2D eigenvalue weighted by molar-refractivity contribution is -0.131. The van der Waals surface area contributed by atoms with Gasteiger partial charge in [-0.15, -0.1) is 0 Å². The topological polar surface area (TPSA) is 82.6 Å². The second kappa shape index (κ2) is 8.43. The summed E-state index contributed by atoms with van der Waals surface area (Å²) in [6, 6.07) is 13.1. The molecular formula is C22H24N4O3. The van der Waals surface area contributed by atoms with Crippen molar-refractivity contribution in [1.82, 2.24) is 20.1 Å². The molecule has 2 aliphatic heterocycles. The minimum Gasteiger partial charge on any atom is -0.352 e. The number of carbonyl (C=O) groups is 3. The van der Waals surface area contributed by atoms with Crippen LogP contribution in [0.5, 0.6) is 0 Å². The van der Waals surface area contributed by atoms with E-state index in [0.717, 1.165) is 17.7 Å². The molecule has 1 fully saturated rings. The molecular weight excluding hydrogens is 368 g/mol. The third-order valence-electron chi connectivity index (χ3n) is 5.46. The zero-order chi connectivity index (χ0) is 20.2. The van der Waals surface area contributed by atoms with Crippen molar-refractivity contribution in [2.45, 2.75) is 31.8 Å². The summed E-state index contributed by atoms with van der Waals surface area (Å²) in [6.45, 7) is 1.64. The molecule has 0 unspecified atom stereocenters. The molecule has 1 aromatic heterocycles. The summed E-state index contributed by atoms with van der Waals surface area (Å²) in [5.74, 6) is -0.191. The molecule has 3 amide bonds. The van der Waals surface area contributed by atoms with Gasteiger partial charge in [0.2, 0.25) is 11.8 Å². The third kappa shape index (κ3) is 4.45. The van der Waals surface area contributed by atoms with Gasteiger partial charge >= 0.3 is 0 Å². The first-order valence-electron chi connectivity index (χ1n) is 9.94. The van der Waals surface area contributed by atoms with Gasteiger partial charge in [0.25, 0.3) is 5.91 Å². The average molecular weight is 392 g/mol. The van der Waals surface area contributed by atoms with Crippen molar-refractivity contribution >= 4 is 17.7 Å². The van der Waals surface area contributed by atoms with E-state index in [4.69, 9.17) is 0 Å². The van der Waals surface area contributed by atoms with Crippen molar-refractivity contribution < 1.29 is 14.4 Å². The maximum absolute atomic E-state index is 12.7. The number of fused-ring (bicyclic) bond motifs is 1. The van der Waals surface area contributed by atoms with Crippen LogP contribution in [0.25, 0.3) is 0 Å². The fraction of sp³-hybridized carbons (Fsp3) is 0.364. The number of nitrogens with zero attached hydrogens (tertiary/aromatic N) is 3. The SMILES string of the molecule is O=C(CCc1ccccn1)N[C@@H]1CCN(C(=O)CN2Cc3ccccc3C2=O)C1. The molecule has 29 heavy (non-hydrogen) atoms. The Bertz CT molecular complexity index is 915. The van der Waals surface area contributed by atoms with E-state index in [0.29, 0.717) is 38.0 Å². The van der Waals surface area contributed by atoms with Gasteiger partial charge in [-0.25, -0.2) is 0 Å². The Morgan fingerprint density at radius 3 is 2.76 bits per heavy atom. The van der Waals surface area contributed by atoms with Crippen LogP contribution in [0.2, 0.25) is 0 Å². The highest BCUT2D eigenvalue weighted by molar-refractivity contribution is 6.00. The van der Waals surface area contributed by atoms with Gasteiger partial charge in [-0.1, -0.05) is 24.3 Å². The van der Waals surface area contributed by atoms with Crippen molar-refractivity contribution in [2.75, 3.05) is 19.6 Å². The first kappa shape index (κ1) is 19.1. The number of aryl methyl sites for hydroxylation is 1. The van der Waals surface area contributed by atoms with E-state index in [1.54, 1.807) is 22.1 Å². The Morgan fingerprint density at radius 2 is 1.97 bits per heavy atom. The zero-order valence-electron chi connectivity index (χ0n) is 16.2. The Morgan fingerprint density at radius 1 is 1.14 bits per heavy atom. The molecule has 0 saturated carbocycles. The smallest absolute Gasteiger partial charge is 0.254 e. The molecule has 2 aliphatic rings. The van der Waals surface area contributed by atoms with Crippen molar-refractivity contribution in [2.24, 2.45) is 0 Å². The van der Waals surface area contributed by atoms with Crippen molar-refractivity contribution in [3.8, 4) is 0 Å². The summed E-state index contributed by atoms with van der Waals surface area (Å²) < 4.78 is 0. The van der Waals surface area contributed by atoms with E-state index in [-0.39, 0.29) is 30.3 Å². The van der Waals surface area contributed by atoms with Crippen molar-refractivity contribution in [1.29, 1.82) is 0 Å². The maximum atomic E-state index is 12.7. The Labute approximate surface area is 169 Å². The zero-order valence-corrected chi connectivity index (χ0v) is 16.2. The number of nitrogens with one attached hydrogen (secondary N) is 1. The van der Waals surface area contributed by atoms with Gasteiger partial charge in [-0.05, 0) is 36.6 Å². The van der Waals surface area contributed by atoms with Crippen LogP contribution in [0.3, 0.4) is 0 Å². The van der Waals surface area contributed by atoms with Gasteiger partial charge in [0.1, 0.15) is 6.54 Å². The van der Waals surface area contributed by atoms with Crippen molar-refractivity contribution in [3.63, 3.8) is 0 Å². The summed E-state index contributed by atoms with van der Waals surface area (Å²) in [5, 5.41) is 3.01. The number of hydrogen-bond donors (Lipinski definition) is 1. The van der Waals surface area contributed by atoms with Gasteiger partial charge in [0.05, 0.1) is 0 Å². The maximum Gasteiger partial charge on any atom is 0.254 e. The molecule has 7 heteroatoms. The third-order valence-corrected chi connectivity index (χ3v) is 5.46. The predicted octanol–water partition coefficient (Wildman–Crippen LogP) is 1.39. The predicted molar refractivity (Wildman–Crippen MR) is 107 cm³/mol. The summed E-state index contributed by atoms with van der Waals surface area (Å²) in [4.78, 5) is 44.8. The van der Waals surface area contributed by atoms with E-state index in [9.17, 15) is 14.4 Å². The first-order valence-corrected chi connectivity index (χ1v) is 9.94. The van der Waals surface area contributed by atoms with E-state index in [1.165, 1.54) is 0 Å². The Hall–Kier alpha value is -3.22. The van der Waals surface area contributed by atoms with E-state index in [2.05, 4.69) is 10.3 Å². The van der Waals surface area contributed by atoms with Gasteiger partial charge in [-0.2, -0.15) is 0 Å². The van der Waals surface area contributed by atoms with Gasteiger partial charge < -0.3 is 15.1 Å².